The molecule has 0 heterocycles. The van der Waals surface area contributed by atoms with Crippen LogP contribution < -0.4 is 9.62 Å². The first-order valence-electron chi connectivity index (χ1n) is 12.9. The highest BCUT2D eigenvalue weighted by Gasteiger charge is 2.32. The maximum absolute atomic E-state index is 13.9. The van der Waals surface area contributed by atoms with Gasteiger partial charge in [-0.25, -0.2) is 8.42 Å². The number of anilines is 1. The number of sulfonamides is 1. The molecule has 0 aliphatic carbocycles. The van der Waals surface area contributed by atoms with Crippen molar-refractivity contribution in [2.75, 3.05) is 23.7 Å². The van der Waals surface area contributed by atoms with E-state index in [-0.39, 0.29) is 17.3 Å². The lowest BCUT2D eigenvalue weighted by molar-refractivity contribution is -0.139. The van der Waals surface area contributed by atoms with Crippen molar-refractivity contribution in [3.05, 3.63) is 89.5 Å². The Morgan fingerprint density at radius 1 is 0.897 bits per heavy atom. The van der Waals surface area contributed by atoms with Gasteiger partial charge in [-0.2, -0.15) is 0 Å². The second-order valence-electron chi connectivity index (χ2n) is 9.50. The number of carbonyl (C=O) groups excluding carboxylic acids is 2. The molecule has 9 heteroatoms. The zero-order valence-electron chi connectivity index (χ0n) is 23.2. The summed E-state index contributed by atoms with van der Waals surface area (Å²) in [5.74, 6) is -0.755. The van der Waals surface area contributed by atoms with E-state index in [9.17, 15) is 18.0 Å². The summed E-state index contributed by atoms with van der Waals surface area (Å²) >= 11 is 1.52. The van der Waals surface area contributed by atoms with Gasteiger partial charge in [0.05, 0.1) is 10.6 Å². The van der Waals surface area contributed by atoms with E-state index in [2.05, 4.69) is 5.32 Å². The molecule has 2 amide bonds. The largest absolute Gasteiger partial charge is 0.354 e. The van der Waals surface area contributed by atoms with Crippen molar-refractivity contribution < 1.29 is 18.0 Å². The second kappa shape index (κ2) is 13.7. The first-order chi connectivity index (χ1) is 18.6. The maximum Gasteiger partial charge on any atom is 0.264 e. The predicted octanol–water partition coefficient (Wildman–Crippen LogP) is 5.16. The van der Waals surface area contributed by atoms with E-state index in [0.717, 1.165) is 32.3 Å². The minimum atomic E-state index is -4.08. The molecule has 0 aliphatic rings. The SMILES string of the molecule is CCCNC(=O)[C@H](C)N(Cc1ccc(C)cc1)C(=O)CN(c1ccc(C)cc1)S(=O)(=O)c1ccc(SC)cc1. The lowest BCUT2D eigenvalue weighted by Gasteiger charge is -2.32. The molecular weight excluding hydrogens is 530 g/mol. The highest BCUT2D eigenvalue weighted by Crippen LogP contribution is 2.26. The summed E-state index contributed by atoms with van der Waals surface area (Å²) in [5, 5.41) is 2.85. The van der Waals surface area contributed by atoms with Crippen LogP contribution in [0.4, 0.5) is 5.69 Å². The summed E-state index contributed by atoms with van der Waals surface area (Å²) in [4.78, 5) is 29.3. The third kappa shape index (κ3) is 7.86. The van der Waals surface area contributed by atoms with Crippen LogP contribution in [-0.2, 0) is 26.2 Å². The lowest BCUT2D eigenvalue weighted by Crippen LogP contribution is -2.51. The molecule has 3 aromatic carbocycles. The summed E-state index contributed by atoms with van der Waals surface area (Å²) < 4.78 is 28.9. The van der Waals surface area contributed by atoms with E-state index >= 15 is 0 Å². The van der Waals surface area contributed by atoms with Crippen LogP contribution in [0, 0.1) is 13.8 Å². The van der Waals surface area contributed by atoms with Crippen LogP contribution in [0.15, 0.2) is 82.6 Å². The smallest absolute Gasteiger partial charge is 0.264 e. The van der Waals surface area contributed by atoms with Crippen molar-refractivity contribution >= 4 is 39.3 Å². The standard InChI is InChI=1S/C30H37N3O4S2/c1-6-19-31-30(35)24(4)32(20-25-11-7-22(2)8-12-25)29(34)21-33(26-13-9-23(3)10-14-26)39(36,37)28-17-15-27(38-5)16-18-28/h7-18,24H,6,19-21H2,1-5H3,(H,31,35)/t24-/m0/s1. The fourth-order valence-electron chi connectivity index (χ4n) is 3.98. The fourth-order valence-corrected chi connectivity index (χ4v) is 5.81. The molecule has 0 aliphatic heterocycles. The van der Waals surface area contributed by atoms with Crippen LogP contribution in [0.25, 0.3) is 0 Å². The number of benzene rings is 3. The third-order valence-corrected chi connectivity index (χ3v) is 8.97. The highest BCUT2D eigenvalue weighted by molar-refractivity contribution is 7.98. The average molecular weight is 568 g/mol. The number of thioether (sulfide) groups is 1. The van der Waals surface area contributed by atoms with E-state index < -0.39 is 28.5 Å². The van der Waals surface area contributed by atoms with Gasteiger partial charge >= 0.3 is 0 Å². The number of hydrogen-bond acceptors (Lipinski definition) is 5. The number of aryl methyl sites for hydroxylation is 2. The Morgan fingerprint density at radius 2 is 1.46 bits per heavy atom. The van der Waals surface area contributed by atoms with Gasteiger partial charge < -0.3 is 10.2 Å². The molecule has 0 aromatic heterocycles. The van der Waals surface area contributed by atoms with Crippen LogP contribution in [0.5, 0.6) is 0 Å². The molecule has 0 spiro atoms. The molecule has 3 aromatic rings. The van der Waals surface area contributed by atoms with Crippen molar-refractivity contribution in [2.45, 2.75) is 56.5 Å². The van der Waals surface area contributed by atoms with Crippen molar-refractivity contribution in [3.8, 4) is 0 Å². The van der Waals surface area contributed by atoms with Gasteiger partial charge in [-0.3, -0.25) is 13.9 Å². The van der Waals surface area contributed by atoms with Crippen LogP contribution >= 0.6 is 11.8 Å². The molecular formula is C30H37N3O4S2. The molecule has 208 valence electrons. The Labute approximate surface area is 236 Å². The molecule has 39 heavy (non-hydrogen) atoms. The molecule has 0 radical (unpaired) electrons. The normalized spacial score (nSPS) is 12.0. The zero-order valence-corrected chi connectivity index (χ0v) is 24.8. The van der Waals surface area contributed by atoms with Crippen molar-refractivity contribution in [3.63, 3.8) is 0 Å². The average Bonchev–Trinajstić information content (AvgIpc) is 2.94. The van der Waals surface area contributed by atoms with Gasteiger partial charge in [0.2, 0.25) is 11.8 Å². The van der Waals surface area contributed by atoms with E-state index in [1.807, 2.05) is 63.4 Å². The molecule has 1 atom stereocenters. The quantitative estimate of drug-likeness (QED) is 0.306. The van der Waals surface area contributed by atoms with Crippen LogP contribution in [0.2, 0.25) is 0 Å². The van der Waals surface area contributed by atoms with Gasteiger partial charge in [-0.05, 0) is 75.4 Å². The molecule has 0 fully saturated rings. The molecule has 7 nitrogen and oxygen atoms in total. The Hall–Kier alpha value is -3.30. The molecule has 0 unspecified atom stereocenters. The lowest BCUT2D eigenvalue weighted by atomic mass is 10.1. The van der Waals surface area contributed by atoms with Gasteiger partial charge in [0, 0.05) is 18.0 Å². The van der Waals surface area contributed by atoms with E-state index in [1.165, 1.54) is 16.7 Å². The van der Waals surface area contributed by atoms with Gasteiger partial charge in [-0.1, -0.05) is 54.4 Å². The Kier molecular flexibility index (Phi) is 10.6. The molecule has 0 saturated heterocycles. The maximum atomic E-state index is 13.9. The number of nitrogens with zero attached hydrogens (tertiary/aromatic N) is 2. The van der Waals surface area contributed by atoms with Gasteiger partial charge in [0.25, 0.3) is 10.0 Å². The van der Waals surface area contributed by atoms with Gasteiger partial charge in [0.1, 0.15) is 12.6 Å². The molecule has 0 bridgehead atoms. The second-order valence-corrected chi connectivity index (χ2v) is 12.2. The van der Waals surface area contributed by atoms with Crippen molar-refractivity contribution in [1.29, 1.82) is 0 Å². The van der Waals surface area contributed by atoms with Crippen LogP contribution in [0.3, 0.4) is 0 Å². The summed E-state index contributed by atoms with van der Waals surface area (Å²) in [6.45, 7) is 7.72. The zero-order chi connectivity index (χ0) is 28.6. The Bertz CT molecular complexity index is 1360. The number of rotatable bonds is 12. The van der Waals surface area contributed by atoms with Crippen LogP contribution in [0.1, 0.15) is 37.0 Å². The first-order valence-corrected chi connectivity index (χ1v) is 15.6. The number of amides is 2. The first kappa shape index (κ1) is 30.2. The minimum absolute atomic E-state index is 0.0903. The molecule has 0 saturated carbocycles. The van der Waals surface area contributed by atoms with E-state index in [0.29, 0.717) is 12.2 Å². The van der Waals surface area contributed by atoms with E-state index in [4.69, 9.17) is 0 Å². The summed E-state index contributed by atoms with van der Waals surface area (Å²) in [6, 6.07) is 20.5. The monoisotopic (exact) mass is 567 g/mol. The molecule has 1 N–H and O–H groups in total. The summed E-state index contributed by atoms with van der Waals surface area (Å²) in [5.41, 5.74) is 3.27. The van der Waals surface area contributed by atoms with Gasteiger partial charge in [-0.15, -0.1) is 11.8 Å². The predicted molar refractivity (Wildman–Crippen MR) is 158 cm³/mol. The number of hydrogen-bond donors (Lipinski definition) is 1. The topological polar surface area (TPSA) is 86.8 Å². The Balaban J connectivity index is 2.00. The van der Waals surface area contributed by atoms with Crippen molar-refractivity contribution in [2.24, 2.45) is 0 Å². The van der Waals surface area contributed by atoms with Crippen LogP contribution in [-0.4, -0.2) is 50.5 Å². The van der Waals surface area contributed by atoms with Crippen molar-refractivity contribution in [1.82, 2.24) is 10.2 Å². The Morgan fingerprint density at radius 3 is 2.00 bits per heavy atom. The fraction of sp³-hybridized carbons (Fsp3) is 0.333. The third-order valence-electron chi connectivity index (χ3n) is 6.44. The summed E-state index contributed by atoms with van der Waals surface area (Å²) in [7, 11) is -4.08. The number of carbonyl (C=O) groups is 2. The van der Waals surface area contributed by atoms with Gasteiger partial charge in [0.15, 0.2) is 0 Å². The highest BCUT2D eigenvalue weighted by atomic mass is 32.2. The van der Waals surface area contributed by atoms with E-state index in [1.54, 1.807) is 43.3 Å². The number of nitrogens with one attached hydrogen (secondary N) is 1. The summed E-state index contributed by atoms with van der Waals surface area (Å²) in [6.07, 6.45) is 2.68. The minimum Gasteiger partial charge on any atom is -0.354 e. The molecule has 3 rings (SSSR count).